The molecule has 0 radical (unpaired) electrons. The Morgan fingerprint density at radius 1 is 1.30 bits per heavy atom. The fourth-order valence-corrected chi connectivity index (χ4v) is 3.95. The van der Waals surface area contributed by atoms with Crippen LogP contribution in [0.25, 0.3) is 0 Å². The van der Waals surface area contributed by atoms with Gasteiger partial charge in [0, 0.05) is 52.4 Å². The second-order valence-corrected chi connectivity index (χ2v) is 8.05. The highest BCUT2D eigenvalue weighted by Crippen LogP contribution is 2.36. The summed E-state index contributed by atoms with van der Waals surface area (Å²) in [6, 6.07) is 8.76. The Hall–Kier alpha value is -1.59. The maximum absolute atomic E-state index is 5.78. The van der Waals surface area contributed by atoms with E-state index in [1.54, 1.807) is 0 Å². The standard InChI is InChI=1S/C22H35N3O2/c1-18-6-4-5-7-20(18)22(10-13-26-14-11-22)17-24-21(23-2)25(3)12-15-27-16-19-8-9-19/h4-7,19H,8-17H2,1-3H3,(H,23,24). The first-order valence-electron chi connectivity index (χ1n) is 10.3. The summed E-state index contributed by atoms with van der Waals surface area (Å²) in [5.41, 5.74) is 2.90. The van der Waals surface area contributed by atoms with Gasteiger partial charge in [-0.2, -0.15) is 0 Å². The SMILES string of the molecule is CN=C(NCC1(c2ccccc2C)CCOCC1)N(C)CCOCC1CC1. The van der Waals surface area contributed by atoms with Gasteiger partial charge in [0.15, 0.2) is 5.96 Å². The molecule has 1 N–H and O–H groups in total. The molecule has 2 fully saturated rings. The molecule has 0 bridgehead atoms. The highest BCUT2D eigenvalue weighted by molar-refractivity contribution is 5.79. The van der Waals surface area contributed by atoms with Crippen molar-refractivity contribution in [1.82, 2.24) is 10.2 Å². The number of hydrogen-bond acceptors (Lipinski definition) is 3. The van der Waals surface area contributed by atoms with Gasteiger partial charge in [-0.25, -0.2) is 0 Å². The highest BCUT2D eigenvalue weighted by atomic mass is 16.5. The number of aryl methyl sites for hydroxylation is 1. The van der Waals surface area contributed by atoms with E-state index in [-0.39, 0.29) is 5.41 Å². The molecule has 0 aromatic heterocycles. The Morgan fingerprint density at radius 3 is 2.70 bits per heavy atom. The number of hydrogen-bond donors (Lipinski definition) is 1. The minimum atomic E-state index is 0.100. The van der Waals surface area contributed by atoms with Gasteiger partial charge in [0.2, 0.25) is 0 Å². The molecular weight excluding hydrogens is 338 g/mol. The number of ether oxygens (including phenoxy) is 2. The topological polar surface area (TPSA) is 46.1 Å². The van der Waals surface area contributed by atoms with Crippen molar-refractivity contribution in [1.29, 1.82) is 0 Å². The summed E-state index contributed by atoms with van der Waals surface area (Å²) < 4.78 is 11.5. The average molecular weight is 374 g/mol. The van der Waals surface area contributed by atoms with E-state index in [0.717, 1.165) is 64.2 Å². The molecule has 1 aromatic rings. The van der Waals surface area contributed by atoms with Crippen molar-refractivity contribution in [2.75, 3.05) is 53.6 Å². The van der Waals surface area contributed by atoms with Crippen LogP contribution in [0.5, 0.6) is 0 Å². The van der Waals surface area contributed by atoms with Gasteiger partial charge in [-0.1, -0.05) is 24.3 Å². The first-order valence-corrected chi connectivity index (χ1v) is 10.3. The van der Waals surface area contributed by atoms with Gasteiger partial charge < -0.3 is 19.7 Å². The third kappa shape index (κ3) is 5.45. The van der Waals surface area contributed by atoms with Gasteiger partial charge in [0.25, 0.3) is 0 Å². The molecule has 1 saturated carbocycles. The lowest BCUT2D eigenvalue weighted by Gasteiger charge is -2.39. The minimum absolute atomic E-state index is 0.100. The Morgan fingerprint density at radius 2 is 2.04 bits per heavy atom. The third-order valence-corrected chi connectivity index (χ3v) is 5.95. The zero-order chi connectivity index (χ0) is 19.1. The van der Waals surface area contributed by atoms with Gasteiger partial charge in [0.1, 0.15) is 0 Å². The van der Waals surface area contributed by atoms with Gasteiger partial charge in [-0.15, -0.1) is 0 Å². The molecule has 1 heterocycles. The summed E-state index contributed by atoms with van der Waals surface area (Å²) in [4.78, 5) is 6.65. The molecule has 0 amide bonds. The third-order valence-electron chi connectivity index (χ3n) is 5.95. The number of rotatable bonds is 8. The Bertz CT molecular complexity index is 622. The Labute approximate surface area is 164 Å². The smallest absolute Gasteiger partial charge is 0.193 e. The predicted octanol–water partition coefficient (Wildman–Crippen LogP) is 2.98. The van der Waals surface area contributed by atoms with Crippen molar-refractivity contribution in [3.8, 4) is 0 Å². The zero-order valence-corrected chi connectivity index (χ0v) is 17.2. The van der Waals surface area contributed by atoms with E-state index < -0.39 is 0 Å². The van der Waals surface area contributed by atoms with Gasteiger partial charge in [-0.3, -0.25) is 4.99 Å². The fraction of sp³-hybridized carbons (Fsp3) is 0.682. The Balaban J connectivity index is 1.58. The molecule has 5 heteroatoms. The van der Waals surface area contributed by atoms with Crippen LogP contribution in [-0.2, 0) is 14.9 Å². The van der Waals surface area contributed by atoms with E-state index in [9.17, 15) is 0 Å². The van der Waals surface area contributed by atoms with E-state index >= 15 is 0 Å². The first-order chi connectivity index (χ1) is 13.1. The van der Waals surface area contributed by atoms with Crippen LogP contribution in [0.2, 0.25) is 0 Å². The first kappa shape index (κ1) is 20.2. The van der Waals surface area contributed by atoms with E-state index in [2.05, 4.69) is 53.4 Å². The summed E-state index contributed by atoms with van der Waals surface area (Å²) in [5.74, 6) is 1.75. The molecule has 5 nitrogen and oxygen atoms in total. The molecule has 1 aromatic carbocycles. The summed E-state index contributed by atoms with van der Waals surface area (Å²) >= 11 is 0. The number of likely N-dealkylation sites (N-methyl/N-ethyl adjacent to an activating group) is 1. The van der Waals surface area contributed by atoms with E-state index in [1.807, 2.05) is 7.05 Å². The predicted molar refractivity (Wildman–Crippen MR) is 110 cm³/mol. The molecule has 0 unspecified atom stereocenters. The van der Waals surface area contributed by atoms with Crippen LogP contribution >= 0.6 is 0 Å². The van der Waals surface area contributed by atoms with E-state index in [0.29, 0.717) is 0 Å². The van der Waals surface area contributed by atoms with Crippen LogP contribution in [0.3, 0.4) is 0 Å². The normalized spacial score (nSPS) is 19.7. The van der Waals surface area contributed by atoms with Crippen LogP contribution in [0.15, 0.2) is 29.3 Å². The summed E-state index contributed by atoms with van der Waals surface area (Å²) in [5, 5.41) is 3.63. The van der Waals surface area contributed by atoms with Crippen molar-refractivity contribution in [2.45, 2.75) is 38.0 Å². The monoisotopic (exact) mass is 373 g/mol. The fourth-order valence-electron chi connectivity index (χ4n) is 3.95. The summed E-state index contributed by atoms with van der Waals surface area (Å²) in [7, 11) is 3.94. The molecule has 1 aliphatic heterocycles. The quantitative estimate of drug-likeness (QED) is 0.432. The molecule has 0 spiro atoms. The van der Waals surface area contributed by atoms with Crippen molar-refractivity contribution in [3.63, 3.8) is 0 Å². The molecule has 2 aliphatic rings. The average Bonchev–Trinajstić information content (AvgIpc) is 3.51. The Kier molecular flexibility index (Phi) is 7.13. The number of aliphatic imine (C=N–C) groups is 1. The van der Waals surface area contributed by atoms with Crippen molar-refractivity contribution in [2.24, 2.45) is 10.9 Å². The summed E-state index contributed by atoms with van der Waals surface area (Å²) in [6.45, 7) is 7.25. The molecule has 3 rings (SSSR count). The minimum Gasteiger partial charge on any atom is -0.381 e. The van der Waals surface area contributed by atoms with Crippen molar-refractivity contribution < 1.29 is 9.47 Å². The second kappa shape index (κ2) is 9.56. The number of nitrogens with zero attached hydrogens (tertiary/aromatic N) is 2. The van der Waals surface area contributed by atoms with Crippen LogP contribution in [0.4, 0.5) is 0 Å². The van der Waals surface area contributed by atoms with Crippen LogP contribution in [-0.4, -0.2) is 64.5 Å². The van der Waals surface area contributed by atoms with Gasteiger partial charge >= 0.3 is 0 Å². The maximum atomic E-state index is 5.78. The lowest BCUT2D eigenvalue weighted by molar-refractivity contribution is 0.0509. The summed E-state index contributed by atoms with van der Waals surface area (Å²) in [6.07, 6.45) is 4.75. The lowest BCUT2D eigenvalue weighted by Crippen LogP contribution is -2.49. The molecular formula is C22H35N3O2. The number of nitrogens with one attached hydrogen (secondary N) is 1. The van der Waals surface area contributed by atoms with E-state index in [4.69, 9.17) is 9.47 Å². The second-order valence-electron chi connectivity index (χ2n) is 8.05. The number of benzene rings is 1. The van der Waals surface area contributed by atoms with Crippen molar-refractivity contribution in [3.05, 3.63) is 35.4 Å². The molecule has 27 heavy (non-hydrogen) atoms. The zero-order valence-electron chi connectivity index (χ0n) is 17.2. The lowest BCUT2D eigenvalue weighted by atomic mass is 9.72. The van der Waals surface area contributed by atoms with Crippen molar-refractivity contribution >= 4 is 5.96 Å². The van der Waals surface area contributed by atoms with E-state index in [1.165, 1.54) is 24.0 Å². The molecule has 150 valence electrons. The van der Waals surface area contributed by atoms with Crippen LogP contribution in [0, 0.1) is 12.8 Å². The largest absolute Gasteiger partial charge is 0.381 e. The van der Waals surface area contributed by atoms with Crippen LogP contribution < -0.4 is 5.32 Å². The van der Waals surface area contributed by atoms with Crippen LogP contribution in [0.1, 0.15) is 36.8 Å². The van der Waals surface area contributed by atoms with Gasteiger partial charge in [0.05, 0.1) is 6.61 Å². The number of guanidine groups is 1. The molecule has 1 aliphatic carbocycles. The molecule has 0 atom stereocenters. The maximum Gasteiger partial charge on any atom is 0.193 e. The molecule has 1 saturated heterocycles. The van der Waals surface area contributed by atoms with Gasteiger partial charge in [-0.05, 0) is 49.7 Å². The highest BCUT2D eigenvalue weighted by Gasteiger charge is 2.35.